The second-order valence-corrected chi connectivity index (χ2v) is 6.41. The van der Waals surface area contributed by atoms with E-state index in [4.69, 9.17) is 9.98 Å². The number of aliphatic imine (C=N–C) groups is 4. The summed E-state index contributed by atoms with van der Waals surface area (Å²) in [6.45, 7) is 8.03. The summed E-state index contributed by atoms with van der Waals surface area (Å²) in [6, 6.07) is 0. The summed E-state index contributed by atoms with van der Waals surface area (Å²) < 4.78 is 0. The Kier molecular flexibility index (Phi) is 3.58. The van der Waals surface area contributed by atoms with Crippen LogP contribution in [0.1, 0.15) is 40.5 Å². The van der Waals surface area contributed by atoms with Crippen LogP contribution in [0.25, 0.3) is 0 Å². The van der Waals surface area contributed by atoms with E-state index in [9.17, 15) is 0 Å². The third kappa shape index (κ3) is 2.47. The highest BCUT2D eigenvalue weighted by Crippen LogP contribution is 2.21. The minimum atomic E-state index is 0.0534. The number of hydrogen-bond acceptors (Lipinski definition) is 8. The first-order valence-electron chi connectivity index (χ1n) is 8.24. The molecule has 4 heterocycles. The lowest BCUT2D eigenvalue weighted by Crippen LogP contribution is -2.44. The van der Waals surface area contributed by atoms with E-state index in [1.807, 2.05) is 50.1 Å². The molecule has 0 aromatic heterocycles. The highest BCUT2D eigenvalue weighted by atomic mass is 15.6. The number of hydrazine groups is 2. The number of allylic oxidation sites excluding steroid dienone is 2. The van der Waals surface area contributed by atoms with Gasteiger partial charge in [0.25, 0.3) is 0 Å². The van der Waals surface area contributed by atoms with Gasteiger partial charge in [-0.05, 0) is 40.5 Å². The fourth-order valence-corrected chi connectivity index (χ4v) is 3.12. The minimum absolute atomic E-state index is 0.0534. The van der Waals surface area contributed by atoms with Crippen molar-refractivity contribution in [1.29, 1.82) is 0 Å². The van der Waals surface area contributed by atoms with Gasteiger partial charge in [-0.25, -0.2) is 20.8 Å². The van der Waals surface area contributed by atoms with Crippen molar-refractivity contribution in [3.05, 3.63) is 23.8 Å². The molecule has 4 aliphatic heterocycles. The normalized spacial score (nSPS) is 28.5. The molecule has 0 saturated heterocycles. The van der Waals surface area contributed by atoms with Gasteiger partial charge in [-0.3, -0.25) is 20.0 Å². The monoisotopic (exact) mass is 326 g/mol. The van der Waals surface area contributed by atoms with Gasteiger partial charge >= 0.3 is 0 Å². The number of rotatable bonds is 3. The van der Waals surface area contributed by atoms with Gasteiger partial charge in [-0.1, -0.05) is 0 Å². The second kappa shape index (κ2) is 5.64. The molecule has 0 spiro atoms. The zero-order chi connectivity index (χ0) is 16.8. The van der Waals surface area contributed by atoms with Gasteiger partial charge in [0.2, 0.25) is 0 Å². The zero-order valence-electron chi connectivity index (χ0n) is 14.4. The van der Waals surface area contributed by atoms with Crippen molar-refractivity contribution in [3.8, 4) is 0 Å². The Labute approximate surface area is 141 Å². The molecule has 0 aliphatic carbocycles. The molecular formula is C16H22N8. The fraction of sp³-hybridized carbons (Fsp3) is 0.500. The average molecular weight is 326 g/mol. The zero-order valence-corrected chi connectivity index (χ0v) is 14.4. The third-order valence-electron chi connectivity index (χ3n) is 4.49. The largest absolute Gasteiger partial charge is 0.259 e. The van der Waals surface area contributed by atoms with E-state index in [-0.39, 0.29) is 12.3 Å². The predicted molar refractivity (Wildman–Crippen MR) is 95.4 cm³/mol. The molecule has 0 bridgehead atoms. The number of fused-ring (bicyclic) bond motifs is 2. The molecule has 0 aromatic carbocycles. The van der Waals surface area contributed by atoms with Crippen LogP contribution in [-0.4, -0.2) is 45.4 Å². The van der Waals surface area contributed by atoms with E-state index in [1.165, 1.54) is 0 Å². The lowest BCUT2D eigenvalue weighted by molar-refractivity contribution is 0.305. The van der Waals surface area contributed by atoms with Crippen LogP contribution < -0.4 is 10.9 Å². The molecule has 2 atom stereocenters. The van der Waals surface area contributed by atoms with Gasteiger partial charge in [0.05, 0.1) is 22.8 Å². The molecule has 8 nitrogen and oxygen atoms in total. The second-order valence-electron chi connectivity index (χ2n) is 6.41. The lowest BCUT2D eigenvalue weighted by Gasteiger charge is -2.25. The third-order valence-corrected chi connectivity index (χ3v) is 4.49. The number of nitrogens with one attached hydrogen (secondary N) is 2. The van der Waals surface area contributed by atoms with Crippen molar-refractivity contribution in [3.63, 3.8) is 0 Å². The lowest BCUT2D eigenvalue weighted by atomic mass is 10.2. The average Bonchev–Trinajstić information content (AvgIpc) is 3.18. The first-order chi connectivity index (χ1) is 11.5. The summed E-state index contributed by atoms with van der Waals surface area (Å²) in [7, 11) is 0. The number of nitrogens with zero attached hydrogens (tertiary/aromatic N) is 6. The first-order valence-corrected chi connectivity index (χ1v) is 8.24. The molecule has 2 N–H and O–H groups in total. The maximum atomic E-state index is 4.76. The predicted octanol–water partition coefficient (Wildman–Crippen LogP) is 1.53. The molecule has 24 heavy (non-hydrogen) atoms. The molecule has 0 aromatic rings. The molecule has 8 heteroatoms. The van der Waals surface area contributed by atoms with Gasteiger partial charge < -0.3 is 0 Å². The van der Waals surface area contributed by atoms with Crippen molar-refractivity contribution in [1.82, 2.24) is 20.9 Å². The molecule has 0 fully saturated rings. The van der Waals surface area contributed by atoms with Crippen LogP contribution in [0.15, 0.2) is 43.8 Å². The van der Waals surface area contributed by atoms with Crippen molar-refractivity contribution < 1.29 is 0 Å². The molecular weight excluding hydrogens is 304 g/mol. The fourth-order valence-electron chi connectivity index (χ4n) is 3.12. The van der Waals surface area contributed by atoms with Gasteiger partial charge in [-0.2, -0.15) is 0 Å². The van der Waals surface area contributed by atoms with Gasteiger partial charge in [-0.15, -0.1) is 0 Å². The molecule has 0 radical (unpaired) electrons. The van der Waals surface area contributed by atoms with E-state index >= 15 is 0 Å². The Morgan fingerprint density at radius 3 is 1.58 bits per heavy atom. The van der Waals surface area contributed by atoms with Crippen molar-refractivity contribution in [2.24, 2.45) is 20.0 Å². The van der Waals surface area contributed by atoms with E-state index in [2.05, 4.69) is 20.8 Å². The molecule has 0 saturated carbocycles. The Bertz CT molecular complexity index is 690. The van der Waals surface area contributed by atoms with Crippen molar-refractivity contribution >= 4 is 23.1 Å². The van der Waals surface area contributed by atoms with Crippen LogP contribution in [0.2, 0.25) is 0 Å². The van der Waals surface area contributed by atoms with Crippen LogP contribution in [0.4, 0.5) is 0 Å². The van der Waals surface area contributed by atoms with Crippen LogP contribution in [0.5, 0.6) is 0 Å². The Hall–Kier alpha value is -2.32. The highest BCUT2D eigenvalue weighted by molar-refractivity contribution is 6.42. The minimum Gasteiger partial charge on any atom is -0.259 e. The Balaban J connectivity index is 1.40. The van der Waals surface area contributed by atoms with Crippen LogP contribution in [0, 0.1) is 0 Å². The Morgan fingerprint density at radius 2 is 1.21 bits per heavy atom. The number of hydrogen-bond donors (Lipinski definition) is 2. The summed E-state index contributed by atoms with van der Waals surface area (Å²) in [6.07, 6.45) is 5.62. The maximum absolute atomic E-state index is 4.76. The SMILES string of the molecule is CC1=CN=C(C)C2=NC(CCC3N=C4C(C)=NC=C(C)N4N3)NN12. The quantitative estimate of drug-likeness (QED) is 0.824. The van der Waals surface area contributed by atoms with E-state index in [1.54, 1.807) is 0 Å². The van der Waals surface area contributed by atoms with Gasteiger partial charge in [0.1, 0.15) is 12.3 Å². The van der Waals surface area contributed by atoms with Gasteiger partial charge in [0, 0.05) is 12.4 Å². The highest BCUT2D eigenvalue weighted by Gasteiger charge is 2.32. The summed E-state index contributed by atoms with van der Waals surface area (Å²) >= 11 is 0. The van der Waals surface area contributed by atoms with Gasteiger partial charge in [0.15, 0.2) is 11.7 Å². The van der Waals surface area contributed by atoms with Crippen molar-refractivity contribution in [2.45, 2.75) is 52.9 Å². The molecule has 4 rings (SSSR count). The number of amidine groups is 2. The van der Waals surface area contributed by atoms with E-state index in [0.717, 1.165) is 47.3 Å². The smallest absolute Gasteiger partial charge is 0.165 e. The summed E-state index contributed by atoms with van der Waals surface area (Å²) in [5, 5.41) is 4.04. The molecule has 126 valence electrons. The van der Waals surface area contributed by atoms with Crippen molar-refractivity contribution in [2.75, 3.05) is 0 Å². The van der Waals surface area contributed by atoms with E-state index in [0.29, 0.717) is 0 Å². The topological polar surface area (TPSA) is 80.0 Å². The van der Waals surface area contributed by atoms with Crippen LogP contribution in [-0.2, 0) is 0 Å². The molecule has 4 aliphatic rings. The molecule has 0 amide bonds. The first kappa shape index (κ1) is 15.2. The standard InChI is InChI=1S/C16H22N8/c1-9-7-17-11(3)15-19-13(21-23(9)15)5-6-14-20-16-12(4)18-8-10(2)24(16)22-14/h7-8,13-14,21-22H,5-6H2,1-4H3. The maximum Gasteiger partial charge on any atom is 0.165 e. The van der Waals surface area contributed by atoms with Crippen LogP contribution >= 0.6 is 0 Å². The summed E-state index contributed by atoms with van der Waals surface area (Å²) in [5.41, 5.74) is 10.9. The van der Waals surface area contributed by atoms with Crippen LogP contribution in [0.3, 0.4) is 0 Å². The summed E-state index contributed by atoms with van der Waals surface area (Å²) in [5.74, 6) is 1.84. The molecule has 2 unspecified atom stereocenters. The Morgan fingerprint density at radius 1 is 0.792 bits per heavy atom. The van der Waals surface area contributed by atoms with E-state index < -0.39 is 0 Å². The summed E-state index contributed by atoms with van der Waals surface area (Å²) in [4.78, 5) is 18.3.